The standard InChI is InChI=1S/C21H21F3IN3O/c22-15-6-5-14(20(19(15)24)27-18-7-4-13(25)9-16(18)23)21(29)28-10-12(11-28)17-3-1-2-8-26-17/h4-7,9,12,17,26-27H,1-3,8,10-11H2. The number of likely N-dealkylation sites (tertiary alicyclic amines) is 1. The smallest absolute Gasteiger partial charge is 0.256 e. The first-order valence-corrected chi connectivity index (χ1v) is 10.7. The molecule has 0 spiro atoms. The van der Waals surface area contributed by atoms with Gasteiger partial charge in [0.2, 0.25) is 0 Å². The van der Waals surface area contributed by atoms with Crippen molar-refractivity contribution in [3.8, 4) is 0 Å². The molecule has 0 aliphatic carbocycles. The summed E-state index contributed by atoms with van der Waals surface area (Å²) in [7, 11) is 0. The van der Waals surface area contributed by atoms with E-state index in [1.807, 2.05) is 22.6 Å². The second-order valence-corrected chi connectivity index (χ2v) is 8.81. The molecule has 2 aromatic carbocycles. The Hall–Kier alpha value is -1.81. The second kappa shape index (κ2) is 8.51. The molecule has 2 fully saturated rings. The molecule has 154 valence electrons. The molecule has 2 heterocycles. The lowest BCUT2D eigenvalue weighted by Crippen LogP contribution is -2.58. The number of nitrogens with zero attached hydrogens (tertiary/aromatic N) is 1. The molecule has 29 heavy (non-hydrogen) atoms. The molecule has 2 N–H and O–H groups in total. The minimum absolute atomic E-state index is 0.00287. The zero-order valence-electron chi connectivity index (χ0n) is 15.7. The number of carbonyl (C=O) groups excluding carboxylic acids is 1. The van der Waals surface area contributed by atoms with E-state index in [2.05, 4.69) is 10.6 Å². The van der Waals surface area contributed by atoms with Crippen LogP contribution in [0.25, 0.3) is 0 Å². The number of rotatable bonds is 4. The summed E-state index contributed by atoms with van der Waals surface area (Å²) in [6, 6.07) is 6.93. The lowest BCUT2D eigenvalue weighted by Gasteiger charge is -2.45. The summed E-state index contributed by atoms with van der Waals surface area (Å²) in [5, 5.41) is 6.07. The van der Waals surface area contributed by atoms with Crippen molar-refractivity contribution < 1.29 is 18.0 Å². The lowest BCUT2D eigenvalue weighted by molar-refractivity contribution is 0.0393. The van der Waals surface area contributed by atoms with Crippen molar-refractivity contribution in [2.75, 3.05) is 25.0 Å². The van der Waals surface area contributed by atoms with Gasteiger partial charge in [-0.05, 0) is 72.3 Å². The van der Waals surface area contributed by atoms with Crippen LogP contribution in [0.3, 0.4) is 0 Å². The highest BCUT2D eigenvalue weighted by atomic mass is 127. The van der Waals surface area contributed by atoms with E-state index >= 15 is 0 Å². The van der Waals surface area contributed by atoms with Crippen molar-refractivity contribution in [2.24, 2.45) is 5.92 Å². The molecule has 2 aliphatic rings. The second-order valence-electron chi connectivity index (χ2n) is 7.56. The maximum absolute atomic E-state index is 14.5. The van der Waals surface area contributed by atoms with Crippen LogP contribution in [0, 0.1) is 26.9 Å². The van der Waals surface area contributed by atoms with Crippen molar-refractivity contribution in [1.29, 1.82) is 0 Å². The maximum atomic E-state index is 14.5. The number of piperidine rings is 1. The minimum atomic E-state index is -1.19. The monoisotopic (exact) mass is 515 g/mol. The van der Waals surface area contributed by atoms with Gasteiger partial charge < -0.3 is 15.5 Å². The molecule has 0 aromatic heterocycles. The minimum Gasteiger partial charge on any atom is -0.350 e. The molecular formula is C21H21F3IN3O. The Morgan fingerprint density at radius 2 is 1.90 bits per heavy atom. The van der Waals surface area contributed by atoms with Gasteiger partial charge in [-0.2, -0.15) is 0 Å². The van der Waals surface area contributed by atoms with Gasteiger partial charge in [-0.3, -0.25) is 4.79 Å². The maximum Gasteiger partial charge on any atom is 0.256 e. The van der Waals surface area contributed by atoms with E-state index < -0.39 is 17.5 Å². The van der Waals surface area contributed by atoms with Gasteiger partial charge in [0.25, 0.3) is 5.91 Å². The molecule has 4 nitrogen and oxygen atoms in total. The Kier molecular flexibility index (Phi) is 6.00. The highest BCUT2D eigenvalue weighted by Gasteiger charge is 2.37. The summed E-state index contributed by atoms with van der Waals surface area (Å²) in [6.07, 6.45) is 3.45. The van der Waals surface area contributed by atoms with Crippen LogP contribution in [0.15, 0.2) is 30.3 Å². The Labute approximate surface area is 181 Å². The van der Waals surface area contributed by atoms with Crippen LogP contribution in [-0.4, -0.2) is 36.5 Å². The van der Waals surface area contributed by atoms with Crippen molar-refractivity contribution in [1.82, 2.24) is 10.2 Å². The third-order valence-corrected chi connectivity index (χ3v) is 6.30. The summed E-state index contributed by atoms with van der Waals surface area (Å²) in [5.74, 6) is -2.91. The fourth-order valence-electron chi connectivity index (χ4n) is 3.96. The molecule has 0 saturated carbocycles. The zero-order valence-corrected chi connectivity index (χ0v) is 17.8. The van der Waals surface area contributed by atoms with E-state index in [-0.39, 0.29) is 22.8 Å². The molecule has 2 saturated heterocycles. The van der Waals surface area contributed by atoms with E-state index in [9.17, 15) is 18.0 Å². The summed E-state index contributed by atoms with van der Waals surface area (Å²) < 4.78 is 43.3. The van der Waals surface area contributed by atoms with Crippen LogP contribution < -0.4 is 10.6 Å². The van der Waals surface area contributed by atoms with Gasteiger partial charge in [0.1, 0.15) is 5.82 Å². The first-order valence-electron chi connectivity index (χ1n) is 9.67. The number of carbonyl (C=O) groups is 1. The van der Waals surface area contributed by atoms with Gasteiger partial charge in [-0.25, -0.2) is 13.2 Å². The summed E-state index contributed by atoms with van der Waals surface area (Å²) in [4.78, 5) is 14.6. The Morgan fingerprint density at radius 1 is 1.10 bits per heavy atom. The molecule has 1 unspecified atom stereocenters. The average Bonchev–Trinajstić information content (AvgIpc) is 2.67. The zero-order chi connectivity index (χ0) is 20.5. The van der Waals surface area contributed by atoms with Crippen molar-refractivity contribution in [3.05, 3.63) is 56.9 Å². The van der Waals surface area contributed by atoms with Crippen LogP contribution in [-0.2, 0) is 0 Å². The van der Waals surface area contributed by atoms with Gasteiger partial charge in [0.05, 0.1) is 16.9 Å². The third kappa shape index (κ3) is 4.23. The quantitative estimate of drug-likeness (QED) is 0.583. The first kappa shape index (κ1) is 20.5. The Balaban J connectivity index is 1.54. The number of amides is 1. The van der Waals surface area contributed by atoms with Gasteiger partial charge >= 0.3 is 0 Å². The predicted octanol–water partition coefficient (Wildman–Crippen LogP) is 4.67. The average molecular weight is 515 g/mol. The van der Waals surface area contributed by atoms with Crippen LogP contribution in [0.5, 0.6) is 0 Å². The van der Waals surface area contributed by atoms with Crippen molar-refractivity contribution in [2.45, 2.75) is 25.3 Å². The summed E-state index contributed by atoms with van der Waals surface area (Å²) >= 11 is 1.96. The highest BCUT2D eigenvalue weighted by molar-refractivity contribution is 14.1. The number of anilines is 2. The SMILES string of the molecule is O=C(c1ccc(F)c(F)c1Nc1ccc(I)cc1F)N1CC(C2CCCCN2)C1. The molecule has 0 radical (unpaired) electrons. The topological polar surface area (TPSA) is 44.4 Å². The molecular weight excluding hydrogens is 494 g/mol. The van der Waals surface area contributed by atoms with E-state index in [4.69, 9.17) is 0 Å². The van der Waals surface area contributed by atoms with E-state index in [1.165, 1.54) is 31.0 Å². The van der Waals surface area contributed by atoms with Crippen LogP contribution in [0.1, 0.15) is 29.6 Å². The molecule has 0 bridgehead atoms. The fraction of sp³-hybridized carbons (Fsp3) is 0.381. The van der Waals surface area contributed by atoms with Crippen molar-refractivity contribution in [3.63, 3.8) is 0 Å². The molecule has 1 atom stereocenters. The predicted molar refractivity (Wildman–Crippen MR) is 114 cm³/mol. The third-order valence-electron chi connectivity index (χ3n) is 5.63. The summed E-state index contributed by atoms with van der Waals surface area (Å²) in [6.45, 7) is 2.15. The Bertz CT molecular complexity index is 928. The van der Waals surface area contributed by atoms with Crippen LogP contribution in [0.4, 0.5) is 24.5 Å². The number of halogens is 4. The number of hydrogen-bond donors (Lipinski definition) is 2. The number of hydrogen-bond acceptors (Lipinski definition) is 3. The molecule has 4 rings (SSSR count). The number of benzene rings is 2. The normalized spacial score (nSPS) is 19.7. The van der Waals surface area contributed by atoms with Crippen molar-refractivity contribution >= 4 is 39.9 Å². The molecule has 2 aromatic rings. The molecule has 1 amide bonds. The largest absolute Gasteiger partial charge is 0.350 e. The van der Waals surface area contributed by atoms with Gasteiger partial charge in [-0.1, -0.05) is 6.42 Å². The van der Waals surface area contributed by atoms with Gasteiger partial charge in [0.15, 0.2) is 11.6 Å². The highest BCUT2D eigenvalue weighted by Crippen LogP contribution is 2.32. The van der Waals surface area contributed by atoms with Crippen LogP contribution >= 0.6 is 22.6 Å². The fourth-order valence-corrected chi connectivity index (χ4v) is 4.41. The summed E-state index contributed by atoms with van der Waals surface area (Å²) in [5.41, 5.74) is -0.358. The Morgan fingerprint density at radius 3 is 2.59 bits per heavy atom. The van der Waals surface area contributed by atoms with Gasteiger partial charge in [0, 0.05) is 28.6 Å². The molecule has 8 heteroatoms. The van der Waals surface area contributed by atoms with E-state index in [0.717, 1.165) is 19.0 Å². The van der Waals surface area contributed by atoms with Crippen LogP contribution in [0.2, 0.25) is 0 Å². The number of nitrogens with one attached hydrogen (secondary N) is 2. The van der Waals surface area contributed by atoms with E-state index in [0.29, 0.717) is 28.6 Å². The molecule has 2 aliphatic heterocycles. The van der Waals surface area contributed by atoms with Gasteiger partial charge in [-0.15, -0.1) is 0 Å². The first-order chi connectivity index (χ1) is 13.9. The lowest BCUT2D eigenvalue weighted by atomic mass is 9.86. The van der Waals surface area contributed by atoms with E-state index in [1.54, 1.807) is 11.0 Å².